The van der Waals surface area contributed by atoms with Gasteiger partial charge in [-0.1, -0.05) is 6.92 Å². The van der Waals surface area contributed by atoms with Gasteiger partial charge in [-0.15, -0.1) is 0 Å². The van der Waals surface area contributed by atoms with Crippen LogP contribution < -0.4 is 5.32 Å². The van der Waals surface area contributed by atoms with Crippen LogP contribution in [0.15, 0.2) is 0 Å². The molecule has 0 aliphatic rings. The molecule has 1 amide bonds. The predicted molar refractivity (Wildman–Crippen MR) is 46.6 cm³/mol. The maximum atomic E-state index is 11.6. The Labute approximate surface area is 75.1 Å². The lowest BCUT2D eigenvalue weighted by molar-refractivity contribution is -0.131. The van der Waals surface area contributed by atoms with E-state index < -0.39 is 12.3 Å². The van der Waals surface area contributed by atoms with Crippen LogP contribution in [0, 0.1) is 5.92 Å². The number of rotatable bonds is 5. The van der Waals surface area contributed by atoms with E-state index in [9.17, 15) is 13.6 Å². The normalized spacial score (nSPS) is 13.1. The third-order valence-electron chi connectivity index (χ3n) is 1.27. The third kappa shape index (κ3) is 5.35. The summed E-state index contributed by atoms with van der Waals surface area (Å²) in [7, 11) is 0. The molecule has 0 fully saturated rings. The topological polar surface area (TPSA) is 29.1 Å². The molecule has 1 unspecified atom stereocenters. The molecule has 0 saturated heterocycles. The standard InChI is InChI=1S/C7H13F2NOS/c1-5(4-12-2)3-10-7(11)6(8)9/h5-6H,3-4H2,1-2H3,(H,10,11). The molecule has 0 spiro atoms. The largest absolute Gasteiger partial charge is 0.351 e. The maximum absolute atomic E-state index is 11.6. The van der Waals surface area contributed by atoms with Gasteiger partial charge in [0.2, 0.25) is 0 Å². The van der Waals surface area contributed by atoms with E-state index in [1.54, 1.807) is 11.8 Å². The van der Waals surface area contributed by atoms with E-state index in [-0.39, 0.29) is 5.92 Å². The van der Waals surface area contributed by atoms with Gasteiger partial charge in [0, 0.05) is 6.54 Å². The van der Waals surface area contributed by atoms with Crippen molar-refractivity contribution in [2.24, 2.45) is 5.92 Å². The number of carbonyl (C=O) groups excluding carboxylic acids is 1. The summed E-state index contributed by atoms with van der Waals surface area (Å²) in [6.07, 6.45) is -0.961. The summed E-state index contributed by atoms with van der Waals surface area (Å²) in [6, 6.07) is 0. The molecule has 1 N–H and O–H groups in total. The molecule has 0 rings (SSSR count). The fourth-order valence-electron chi connectivity index (χ4n) is 0.695. The number of hydrogen-bond donors (Lipinski definition) is 1. The van der Waals surface area contributed by atoms with Gasteiger partial charge in [0.15, 0.2) is 0 Å². The van der Waals surface area contributed by atoms with E-state index in [0.29, 0.717) is 6.54 Å². The molecule has 0 aromatic rings. The van der Waals surface area contributed by atoms with Crippen LogP contribution in [0.5, 0.6) is 0 Å². The highest BCUT2D eigenvalue weighted by molar-refractivity contribution is 7.98. The van der Waals surface area contributed by atoms with Gasteiger partial charge in [-0.2, -0.15) is 20.5 Å². The van der Waals surface area contributed by atoms with Gasteiger partial charge in [0.25, 0.3) is 5.91 Å². The molecule has 0 saturated carbocycles. The smallest absolute Gasteiger partial charge is 0.315 e. The molecule has 0 bridgehead atoms. The summed E-state index contributed by atoms with van der Waals surface area (Å²) in [5.41, 5.74) is 0. The monoisotopic (exact) mass is 197 g/mol. The summed E-state index contributed by atoms with van der Waals surface area (Å²) in [6.45, 7) is 2.23. The summed E-state index contributed by atoms with van der Waals surface area (Å²) in [5.74, 6) is -0.0746. The second-order valence-corrected chi connectivity index (χ2v) is 3.52. The van der Waals surface area contributed by atoms with E-state index in [0.717, 1.165) is 5.75 Å². The van der Waals surface area contributed by atoms with Crippen LogP contribution in [-0.2, 0) is 4.79 Å². The van der Waals surface area contributed by atoms with Crippen molar-refractivity contribution in [2.75, 3.05) is 18.6 Å². The van der Waals surface area contributed by atoms with Crippen LogP contribution in [0.1, 0.15) is 6.92 Å². The zero-order valence-electron chi connectivity index (χ0n) is 7.14. The van der Waals surface area contributed by atoms with Gasteiger partial charge in [0.05, 0.1) is 0 Å². The number of nitrogens with one attached hydrogen (secondary N) is 1. The lowest BCUT2D eigenvalue weighted by Gasteiger charge is -2.10. The number of halogens is 2. The number of carbonyl (C=O) groups is 1. The molecular weight excluding hydrogens is 184 g/mol. The van der Waals surface area contributed by atoms with Crippen LogP contribution in [0.25, 0.3) is 0 Å². The molecule has 5 heteroatoms. The van der Waals surface area contributed by atoms with E-state index in [4.69, 9.17) is 0 Å². The quantitative estimate of drug-likeness (QED) is 0.721. The minimum atomic E-state index is -2.90. The Morgan fingerprint density at radius 2 is 2.17 bits per heavy atom. The van der Waals surface area contributed by atoms with E-state index in [1.165, 1.54) is 0 Å². The first-order chi connectivity index (χ1) is 5.57. The van der Waals surface area contributed by atoms with Gasteiger partial charge in [-0.25, -0.2) is 0 Å². The second-order valence-electron chi connectivity index (χ2n) is 2.61. The minimum absolute atomic E-state index is 0.239. The number of hydrogen-bond acceptors (Lipinski definition) is 2. The number of alkyl halides is 2. The van der Waals surface area contributed by atoms with Crippen LogP contribution in [0.3, 0.4) is 0 Å². The van der Waals surface area contributed by atoms with E-state index >= 15 is 0 Å². The zero-order chi connectivity index (χ0) is 9.56. The fourth-order valence-corrected chi connectivity index (χ4v) is 1.38. The van der Waals surface area contributed by atoms with Crippen molar-refractivity contribution in [3.8, 4) is 0 Å². The highest BCUT2D eigenvalue weighted by Crippen LogP contribution is 2.02. The minimum Gasteiger partial charge on any atom is -0.351 e. The van der Waals surface area contributed by atoms with E-state index in [2.05, 4.69) is 5.32 Å². The van der Waals surface area contributed by atoms with Gasteiger partial charge in [0.1, 0.15) is 0 Å². The predicted octanol–water partition coefficient (Wildman–Crippen LogP) is 1.37. The molecule has 0 aromatic carbocycles. The average Bonchev–Trinajstić information content (AvgIpc) is 2.00. The highest BCUT2D eigenvalue weighted by atomic mass is 32.2. The maximum Gasteiger partial charge on any atom is 0.315 e. The Morgan fingerprint density at radius 3 is 2.58 bits per heavy atom. The van der Waals surface area contributed by atoms with Gasteiger partial charge in [-0.05, 0) is 17.9 Å². The zero-order valence-corrected chi connectivity index (χ0v) is 7.96. The SMILES string of the molecule is CSCC(C)CNC(=O)C(F)F. The van der Waals surface area contributed by atoms with Crippen molar-refractivity contribution in [1.29, 1.82) is 0 Å². The molecular formula is C7H13F2NOS. The Bertz CT molecular complexity index is 143. The first-order valence-electron chi connectivity index (χ1n) is 3.62. The average molecular weight is 197 g/mol. The van der Waals surface area contributed by atoms with Gasteiger partial charge in [-0.3, -0.25) is 4.79 Å². The van der Waals surface area contributed by atoms with Crippen molar-refractivity contribution in [2.45, 2.75) is 13.3 Å². The molecule has 2 nitrogen and oxygen atoms in total. The molecule has 0 heterocycles. The van der Waals surface area contributed by atoms with Crippen LogP contribution in [0.2, 0.25) is 0 Å². The molecule has 72 valence electrons. The molecule has 0 aliphatic carbocycles. The van der Waals surface area contributed by atoms with E-state index in [1.807, 2.05) is 13.2 Å². The summed E-state index contributed by atoms with van der Waals surface area (Å²) >= 11 is 1.63. The fraction of sp³-hybridized carbons (Fsp3) is 0.857. The summed E-state index contributed by atoms with van der Waals surface area (Å²) in [5, 5.41) is 2.16. The lowest BCUT2D eigenvalue weighted by Crippen LogP contribution is -2.33. The van der Waals surface area contributed by atoms with Crippen LogP contribution in [0.4, 0.5) is 8.78 Å². The van der Waals surface area contributed by atoms with Crippen LogP contribution in [-0.4, -0.2) is 30.9 Å². The first kappa shape index (κ1) is 11.7. The molecule has 0 aliphatic heterocycles. The van der Waals surface area contributed by atoms with Crippen molar-refractivity contribution < 1.29 is 13.6 Å². The Morgan fingerprint density at radius 1 is 1.58 bits per heavy atom. The second kappa shape index (κ2) is 6.22. The Balaban J connectivity index is 3.47. The van der Waals surface area contributed by atoms with Gasteiger partial charge >= 0.3 is 6.43 Å². The van der Waals surface area contributed by atoms with Crippen molar-refractivity contribution >= 4 is 17.7 Å². The molecule has 12 heavy (non-hydrogen) atoms. The summed E-state index contributed by atoms with van der Waals surface area (Å²) in [4.78, 5) is 10.4. The van der Waals surface area contributed by atoms with Crippen molar-refractivity contribution in [3.63, 3.8) is 0 Å². The van der Waals surface area contributed by atoms with Crippen molar-refractivity contribution in [3.05, 3.63) is 0 Å². The first-order valence-corrected chi connectivity index (χ1v) is 5.02. The van der Waals surface area contributed by atoms with Crippen molar-refractivity contribution in [1.82, 2.24) is 5.32 Å². The highest BCUT2D eigenvalue weighted by Gasteiger charge is 2.14. The molecule has 0 radical (unpaired) electrons. The summed E-state index contributed by atoms with van der Waals surface area (Å²) < 4.78 is 23.3. The Kier molecular flexibility index (Phi) is 6.06. The number of thioether (sulfide) groups is 1. The Hall–Kier alpha value is -0.320. The van der Waals surface area contributed by atoms with Crippen LogP contribution >= 0.6 is 11.8 Å². The molecule has 0 aromatic heterocycles. The van der Waals surface area contributed by atoms with Gasteiger partial charge < -0.3 is 5.32 Å². The lowest BCUT2D eigenvalue weighted by atomic mass is 10.2. The number of amides is 1. The molecule has 1 atom stereocenters. The third-order valence-corrected chi connectivity index (χ3v) is 2.18.